The van der Waals surface area contributed by atoms with Crippen LogP contribution < -0.4 is 5.32 Å². The normalized spacial score (nSPS) is 12.1. The van der Waals surface area contributed by atoms with Crippen LogP contribution in [-0.2, 0) is 11.2 Å². The fraction of sp³-hybridized carbons (Fsp3) is 0.417. The number of nitrogens with one attached hydrogen (secondary N) is 1. The highest BCUT2D eigenvalue weighted by molar-refractivity contribution is 5.72. The molecule has 0 bridgehead atoms. The van der Waals surface area contributed by atoms with Crippen molar-refractivity contribution in [3.8, 4) is 0 Å². The van der Waals surface area contributed by atoms with Crippen LogP contribution >= 0.6 is 0 Å². The van der Waals surface area contributed by atoms with Crippen LogP contribution in [-0.4, -0.2) is 12.5 Å². The Bertz CT molecular complexity index is 282. The molecular weight excluding hydrogens is 174 g/mol. The van der Waals surface area contributed by atoms with Gasteiger partial charge in [-0.15, -0.1) is 0 Å². The van der Waals surface area contributed by atoms with Crippen molar-refractivity contribution in [2.45, 2.75) is 20.3 Å². The molecule has 2 nitrogen and oxygen atoms in total. The Labute approximate surface area is 85.3 Å². The summed E-state index contributed by atoms with van der Waals surface area (Å²) in [5.41, 5.74) is 1.32. The number of amides is 1. The molecule has 76 valence electrons. The third kappa shape index (κ3) is 4.08. The number of benzene rings is 1. The van der Waals surface area contributed by atoms with E-state index in [9.17, 15) is 4.79 Å². The van der Waals surface area contributed by atoms with Crippen molar-refractivity contribution >= 4 is 5.91 Å². The lowest BCUT2D eigenvalue weighted by atomic mass is 10.0. The number of carbonyl (C=O) groups excluding carboxylic acids is 1. The average molecular weight is 191 g/mol. The molecule has 1 rings (SSSR count). The van der Waals surface area contributed by atoms with E-state index in [-0.39, 0.29) is 5.91 Å². The quantitative estimate of drug-likeness (QED) is 0.775. The second-order valence-corrected chi connectivity index (χ2v) is 3.73. The standard InChI is InChI=1S/C12H17NO/c1-10(9-13-11(2)14)8-12-6-4-3-5-7-12/h3-7,10H,8-9H2,1-2H3,(H,13,14)/t10-/m1/s1. The SMILES string of the molecule is CC(=O)NC[C@H](C)Cc1ccccc1. The minimum absolute atomic E-state index is 0.0462. The van der Waals surface area contributed by atoms with E-state index in [0.717, 1.165) is 13.0 Å². The van der Waals surface area contributed by atoms with Gasteiger partial charge >= 0.3 is 0 Å². The van der Waals surface area contributed by atoms with Crippen molar-refractivity contribution in [3.63, 3.8) is 0 Å². The summed E-state index contributed by atoms with van der Waals surface area (Å²) < 4.78 is 0. The van der Waals surface area contributed by atoms with Crippen LogP contribution in [0, 0.1) is 5.92 Å². The van der Waals surface area contributed by atoms with Crippen molar-refractivity contribution in [2.75, 3.05) is 6.54 Å². The number of hydrogen-bond donors (Lipinski definition) is 1. The first-order valence-electron chi connectivity index (χ1n) is 4.97. The van der Waals surface area contributed by atoms with Gasteiger partial charge in [-0.1, -0.05) is 37.3 Å². The summed E-state index contributed by atoms with van der Waals surface area (Å²) in [6.45, 7) is 4.45. The maximum Gasteiger partial charge on any atom is 0.216 e. The van der Waals surface area contributed by atoms with E-state index in [2.05, 4.69) is 24.4 Å². The Hall–Kier alpha value is -1.31. The lowest BCUT2D eigenvalue weighted by molar-refractivity contribution is -0.119. The van der Waals surface area contributed by atoms with Crippen LogP contribution in [0.25, 0.3) is 0 Å². The molecule has 0 spiro atoms. The summed E-state index contributed by atoms with van der Waals surface area (Å²) in [5, 5.41) is 2.83. The molecule has 0 fully saturated rings. The molecule has 0 aliphatic carbocycles. The first kappa shape index (κ1) is 10.8. The zero-order valence-corrected chi connectivity index (χ0v) is 8.79. The molecule has 1 N–H and O–H groups in total. The summed E-state index contributed by atoms with van der Waals surface area (Å²) in [6, 6.07) is 10.3. The minimum Gasteiger partial charge on any atom is -0.356 e. The predicted octanol–water partition coefficient (Wildman–Crippen LogP) is 2.00. The highest BCUT2D eigenvalue weighted by Gasteiger charge is 2.03. The maximum absolute atomic E-state index is 10.7. The van der Waals surface area contributed by atoms with Gasteiger partial charge in [-0.25, -0.2) is 0 Å². The molecule has 0 radical (unpaired) electrons. The van der Waals surface area contributed by atoms with E-state index >= 15 is 0 Å². The molecule has 0 aromatic heterocycles. The van der Waals surface area contributed by atoms with Gasteiger partial charge in [-0.2, -0.15) is 0 Å². The highest BCUT2D eigenvalue weighted by atomic mass is 16.1. The Morgan fingerprint density at radius 1 is 1.36 bits per heavy atom. The maximum atomic E-state index is 10.7. The Morgan fingerprint density at radius 3 is 2.57 bits per heavy atom. The van der Waals surface area contributed by atoms with Crippen LogP contribution in [0.3, 0.4) is 0 Å². The molecule has 0 aliphatic rings. The van der Waals surface area contributed by atoms with Gasteiger partial charge in [0.25, 0.3) is 0 Å². The fourth-order valence-corrected chi connectivity index (χ4v) is 1.41. The summed E-state index contributed by atoms with van der Waals surface area (Å²) in [4.78, 5) is 10.7. The van der Waals surface area contributed by atoms with Crippen molar-refractivity contribution in [3.05, 3.63) is 35.9 Å². The van der Waals surface area contributed by atoms with Crippen LogP contribution in [0.2, 0.25) is 0 Å². The van der Waals surface area contributed by atoms with E-state index in [4.69, 9.17) is 0 Å². The van der Waals surface area contributed by atoms with Gasteiger partial charge in [-0.3, -0.25) is 4.79 Å². The van der Waals surface area contributed by atoms with Gasteiger partial charge in [0.1, 0.15) is 0 Å². The first-order chi connectivity index (χ1) is 6.68. The molecule has 1 atom stereocenters. The van der Waals surface area contributed by atoms with E-state index in [1.807, 2.05) is 18.2 Å². The monoisotopic (exact) mass is 191 g/mol. The lowest BCUT2D eigenvalue weighted by Gasteiger charge is -2.11. The molecule has 0 heterocycles. The number of hydrogen-bond acceptors (Lipinski definition) is 1. The Balaban J connectivity index is 2.34. The molecule has 0 saturated heterocycles. The fourth-order valence-electron chi connectivity index (χ4n) is 1.41. The van der Waals surface area contributed by atoms with Crippen LogP contribution in [0.15, 0.2) is 30.3 Å². The second kappa shape index (κ2) is 5.43. The van der Waals surface area contributed by atoms with E-state index < -0.39 is 0 Å². The largest absolute Gasteiger partial charge is 0.356 e. The third-order valence-electron chi connectivity index (χ3n) is 2.13. The van der Waals surface area contributed by atoms with E-state index in [1.54, 1.807) is 6.92 Å². The molecule has 2 heteroatoms. The molecule has 1 aromatic rings. The molecule has 14 heavy (non-hydrogen) atoms. The smallest absolute Gasteiger partial charge is 0.216 e. The third-order valence-corrected chi connectivity index (χ3v) is 2.13. The molecular formula is C12H17NO. The molecule has 1 aromatic carbocycles. The topological polar surface area (TPSA) is 29.1 Å². The van der Waals surface area contributed by atoms with Crippen LogP contribution in [0.1, 0.15) is 19.4 Å². The second-order valence-electron chi connectivity index (χ2n) is 3.73. The van der Waals surface area contributed by atoms with Gasteiger partial charge in [0, 0.05) is 13.5 Å². The molecule has 1 amide bonds. The van der Waals surface area contributed by atoms with Gasteiger partial charge in [0.15, 0.2) is 0 Å². The van der Waals surface area contributed by atoms with Gasteiger partial charge in [-0.05, 0) is 17.9 Å². The summed E-state index contributed by atoms with van der Waals surface area (Å²) in [5.74, 6) is 0.534. The molecule has 0 saturated carbocycles. The van der Waals surface area contributed by atoms with Crippen molar-refractivity contribution in [1.82, 2.24) is 5.32 Å². The summed E-state index contributed by atoms with van der Waals surface area (Å²) >= 11 is 0. The Morgan fingerprint density at radius 2 is 2.00 bits per heavy atom. The summed E-state index contributed by atoms with van der Waals surface area (Å²) in [6.07, 6.45) is 1.01. The zero-order chi connectivity index (χ0) is 10.4. The number of rotatable bonds is 4. The van der Waals surface area contributed by atoms with Gasteiger partial charge in [0.05, 0.1) is 0 Å². The molecule has 0 unspecified atom stereocenters. The van der Waals surface area contributed by atoms with Crippen LogP contribution in [0.5, 0.6) is 0 Å². The van der Waals surface area contributed by atoms with Crippen LogP contribution in [0.4, 0.5) is 0 Å². The first-order valence-corrected chi connectivity index (χ1v) is 4.97. The molecule has 0 aliphatic heterocycles. The number of carbonyl (C=O) groups is 1. The lowest BCUT2D eigenvalue weighted by Crippen LogP contribution is -2.26. The predicted molar refractivity (Wildman–Crippen MR) is 58.0 cm³/mol. The highest BCUT2D eigenvalue weighted by Crippen LogP contribution is 2.06. The van der Waals surface area contributed by atoms with E-state index in [0.29, 0.717) is 5.92 Å². The van der Waals surface area contributed by atoms with Crippen molar-refractivity contribution < 1.29 is 4.79 Å². The van der Waals surface area contributed by atoms with Gasteiger partial charge < -0.3 is 5.32 Å². The van der Waals surface area contributed by atoms with E-state index in [1.165, 1.54) is 5.56 Å². The van der Waals surface area contributed by atoms with Crippen molar-refractivity contribution in [1.29, 1.82) is 0 Å². The zero-order valence-electron chi connectivity index (χ0n) is 8.79. The minimum atomic E-state index is 0.0462. The van der Waals surface area contributed by atoms with Gasteiger partial charge in [0.2, 0.25) is 5.91 Å². The van der Waals surface area contributed by atoms with Crippen molar-refractivity contribution in [2.24, 2.45) is 5.92 Å². The summed E-state index contributed by atoms with van der Waals surface area (Å²) in [7, 11) is 0. The average Bonchev–Trinajstić information content (AvgIpc) is 2.16. The Kier molecular flexibility index (Phi) is 4.17.